The highest BCUT2D eigenvalue weighted by Gasteiger charge is 2.28. The summed E-state index contributed by atoms with van der Waals surface area (Å²) < 4.78 is 10.6. The molecule has 0 aromatic heterocycles. The Kier molecular flexibility index (Phi) is 10.6. The monoisotopic (exact) mass is 483 g/mol. The first-order valence-corrected chi connectivity index (χ1v) is 11.8. The molecular weight excluding hydrogens is 446 g/mol. The van der Waals surface area contributed by atoms with E-state index in [-0.39, 0.29) is 18.6 Å². The minimum absolute atomic E-state index is 0.177. The molecule has 0 unspecified atom stereocenters. The van der Waals surface area contributed by atoms with Gasteiger partial charge in [0.2, 0.25) is 5.91 Å². The summed E-state index contributed by atoms with van der Waals surface area (Å²) in [5, 5.41) is 5.39. The van der Waals surface area contributed by atoms with Gasteiger partial charge < -0.3 is 25.0 Å². The molecule has 0 aliphatic carbocycles. The van der Waals surface area contributed by atoms with Gasteiger partial charge in [-0.2, -0.15) is 0 Å². The van der Waals surface area contributed by atoms with Crippen LogP contribution < -0.4 is 10.6 Å². The number of alkyl carbamates (subject to hydrolysis) is 2. The fraction of sp³-hybridized carbons (Fsp3) is 0.444. The maximum Gasteiger partial charge on any atom is 0.408 e. The van der Waals surface area contributed by atoms with Crippen molar-refractivity contribution in [2.75, 3.05) is 13.6 Å². The summed E-state index contributed by atoms with van der Waals surface area (Å²) in [5.74, 6) is -0.237. The lowest BCUT2D eigenvalue weighted by molar-refractivity contribution is -0.134. The zero-order valence-corrected chi connectivity index (χ0v) is 21.2. The van der Waals surface area contributed by atoms with Gasteiger partial charge in [-0.05, 0) is 51.7 Å². The van der Waals surface area contributed by atoms with Crippen LogP contribution in [-0.4, -0.2) is 48.2 Å². The van der Waals surface area contributed by atoms with E-state index in [1.807, 2.05) is 67.6 Å². The predicted molar refractivity (Wildman–Crippen MR) is 135 cm³/mol. The Labute approximate surface area is 208 Å². The molecule has 0 spiro atoms. The van der Waals surface area contributed by atoms with Crippen molar-refractivity contribution in [2.24, 2.45) is 0 Å². The predicted octanol–water partition coefficient (Wildman–Crippen LogP) is 4.81. The second kappa shape index (κ2) is 13.4. The molecule has 0 saturated carbocycles. The van der Waals surface area contributed by atoms with E-state index >= 15 is 0 Å². The highest BCUT2D eigenvalue weighted by molar-refractivity contribution is 5.86. The molecule has 8 heteroatoms. The smallest absolute Gasteiger partial charge is 0.408 e. The number of nitrogens with zero attached hydrogens (tertiary/aromatic N) is 1. The van der Waals surface area contributed by atoms with Crippen LogP contribution in [0.2, 0.25) is 0 Å². The maximum absolute atomic E-state index is 13.3. The van der Waals surface area contributed by atoms with E-state index in [1.54, 1.807) is 32.7 Å². The molecule has 8 nitrogen and oxygen atoms in total. The summed E-state index contributed by atoms with van der Waals surface area (Å²) in [6.45, 7) is 7.69. The normalized spacial score (nSPS) is 12.7. The van der Waals surface area contributed by atoms with Crippen molar-refractivity contribution in [3.8, 4) is 0 Å². The lowest BCUT2D eigenvalue weighted by Crippen LogP contribution is -2.49. The van der Waals surface area contributed by atoms with Gasteiger partial charge in [0.25, 0.3) is 0 Å². The number of rotatable bonds is 10. The van der Waals surface area contributed by atoms with Crippen LogP contribution in [0.15, 0.2) is 60.7 Å². The first kappa shape index (κ1) is 27.7. The molecular formula is C27H37N3O5. The van der Waals surface area contributed by atoms with E-state index in [9.17, 15) is 14.4 Å². The lowest BCUT2D eigenvalue weighted by Gasteiger charge is -2.30. The minimum Gasteiger partial charge on any atom is -0.445 e. The molecule has 0 radical (unpaired) electrons. The van der Waals surface area contributed by atoms with Crippen LogP contribution in [-0.2, 0) is 20.9 Å². The topological polar surface area (TPSA) is 97.0 Å². The summed E-state index contributed by atoms with van der Waals surface area (Å²) >= 11 is 0. The van der Waals surface area contributed by atoms with E-state index in [1.165, 1.54) is 0 Å². The molecule has 2 aromatic carbocycles. The van der Waals surface area contributed by atoms with Gasteiger partial charge in [-0.25, -0.2) is 9.59 Å². The van der Waals surface area contributed by atoms with E-state index in [2.05, 4.69) is 10.6 Å². The van der Waals surface area contributed by atoms with Crippen LogP contribution in [0, 0.1) is 0 Å². The fourth-order valence-electron chi connectivity index (χ4n) is 3.37. The van der Waals surface area contributed by atoms with Crippen molar-refractivity contribution in [3.05, 3.63) is 71.8 Å². The van der Waals surface area contributed by atoms with Crippen LogP contribution in [0.5, 0.6) is 0 Å². The zero-order valence-electron chi connectivity index (χ0n) is 21.2. The van der Waals surface area contributed by atoms with Crippen molar-refractivity contribution in [3.63, 3.8) is 0 Å². The van der Waals surface area contributed by atoms with Gasteiger partial charge in [-0.1, -0.05) is 60.7 Å². The Morgan fingerprint density at radius 3 is 2.14 bits per heavy atom. The first-order valence-electron chi connectivity index (χ1n) is 11.8. The SMILES string of the molecule is C[C@H](c1ccccc1)N(C)C(=O)[C@H](CCCNC(=O)OCc1ccccc1)NC(=O)OC(C)(C)C. The molecule has 2 rings (SSSR count). The number of carbonyl (C=O) groups is 3. The highest BCUT2D eigenvalue weighted by Crippen LogP contribution is 2.20. The van der Waals surface area contributed by atoms with Crippen LogP contribution in [0.3, 0.4) is 0 Å². The zero-order chi connectivity index (χ0) is 25.8. The Balaban J connectivity index is 1.92. The van der Waals surface area contributed by atoms with Gasteiger partial charge in [0, 0.05) is 13.6 Å². The molecule has 2 atom stereocenters. The first-order chi connectivity index (χ1) is 16.6. The molecule has 0 aliphatic rings. The van der Waals surface area contributed by atoms with E-state index in [0.29, 0.717) is 19.4 Å². The summed E-state index contributed by atoms with van der Waals surface area (Å²) in [6.07, 6.45) is -0.415. The Morgan fingerprint density at radius 1 is 0.943 bits per heavy atom. The maximum atomic E-state index is 13.3. The molecule has 0 heterocycles. The average Bonchev–Trinajstić information content (AvgIpc) is 2.83. The van der Waals surface area contributed by atoms with Gasteiger partial charge in [0.1, 0.15) is 18.2 Å². The van der Waals surface area contributed by atoms with Crippen LogP contribution in [0.1, 0.15) is 57.7 Å². The van der Waals surface area contributed by atoms with Crippen LogP contribution in [0.4, 0.5) is 9.59 Å². The number of ether oxygens (including phenoxy) is 2. The minimum atomic E-state index is -0.803. The Hall–Kier alpha value is -3.55. The quantitative estimate of drug-likeness (QED) is 0.473. The number of hydrogen-bond acceptors (Lipinski definition) is 5. The average molecular weight is 484 g/mol. The van der Waals surface area contributed by atoms with Crippen molar-refractivity contribution >= 4 is 18.1 Å². The molecule has 190 valence electrons. The number of nitrogens with one attached hydrogen (secondary N) is 2. The van der Waals surface area contributed by atoms with Gasteiger partial charge in [0.15, 0.2) is 0 Å². The van der Waals surface area contributed by atoms with E-state index in [0.717, 1.165) is 11.1 Å². The standard InChI is InChI=1S/C27H37N3O5/c1-20(22-15-10-7-11-16-22)30(5)24(31)23(29-26(33)35-27(2,3)4)17-12-18-28-25(32)34-19-21-13-8-6-9-14-21/h6-11,13-16,20,23H,12,17-19H2,1-5H3,(H,28,32)(H,29,33)/t20-,23+/m1/s1. The second-order valence-electron chi connectivity index (χ2n) is 9.37. The second-order valence-corrected chi connectivity index (χ2v) is 9.37. The molecule has 3 amide bonds. The number of benzene rings is 2. The number of hydrogen-bond donors (Lipinski definition) is 2. The third-order valence-electron chi connectivity index (χ3n) is 5.35. The van der Waals surface area contributed by atoms with Gasteiger partial charge in [-0.3, -0.25) is 4.79 Å². The van der Waals surface area contributed by atoms with Crippen molar-refractivity contribution in [1.82, 2.24) is 15.5 Å². The summed E-state index contributed by atoms with van der Waals surface area (Å²) in [6, 6.07) is 18.1. The summed E-state index contributed by atoms with van der Waals surface area (Å²) in [5.41, 5.74) is 1.19. The molecule has 2 aromatic rings. The lowest BCUT2D eigenvalue weighted by atomic mass is 10.0. The van der Waals surface area contributed by atoms with Crippen LogP contribution in [0.25, 0.3) is 0 Å². The third kappa shape index (κ3) is 10.1. The van der Waals surface area contributed by atoms with E-state index in [4.69, 9.17) is 9.47 Å². The Morgan fingerprint density at radius 2 is 1.54 bits per heavy atom. The molecule has 0 saturated heterocycles. The van der Waals surface area contributed by atoms with Gasteiger partial charge in [0.05, 0.1) is 6.04 Å². The largest absolute Gasteiger partial charge is 0.445 e. The van der Waals surface area contributed by atoms with Crippen molar-refractivity contribution in [1.29, 1.82) is 0 Å². The third-order valence-corrected chi connectivity index (χ3v) is 5.35. The summed E-state index contributed by atoms with van der Waals surface area (Å²) in [4.78, 5) is 39.3. The van der Waals surface area contributed by atoms with Crippen molar-refractivity contribution < 1.29 is 23.9 Å². The fourth-order valence-corrected chi connectivity index (χ4v) is 3.37. The summed E-state index contributed by atoms with van der Waals surface area (Å²) in [7, 11) is 1.71. The van der Waals surface area contributed by atoms with Crippen molar-refractivity contribution in [2.45, 2.75) is 64.8 Å². The van der Waals surface area contributed by atoms with Crippen LogP contribution >= 0.6 is 0 Å². The molecule has 0 bridgehead atoms. The Bertz CT molecular complexity index is 944. The number of carbonyl (C=O) groups excluding carboxylic acids is 3. The van der Waals surface area contributed by atoms with Gasteiger partial charge in [-0.15, -0.1) is 0 Å². The number of amides is 3. The van der Waals surface area contributed by atoms with Gasteiger partial charge >= 0.3 is 12.2 Å². The van der Waals surface area contributed by atoms with E-state index < -0.39 is 23.8 Å². The number of likely N-dealkylation sites (N-methyl/N-ethyl adjacent to an activating group) is 1. The highest BCUT2D eigenvalue weighted by atomic mass is 16.6. The molecule has 0 fully saturated rings. The molecule has 2 N–H and O–H groups in total. The molecule has 0 aliphatic heterocycles. The molecule has 35 heavy (non-hydrogen) atoms.